The highest BCUT2D eigenvalue weighted by Crippen LogP contribution is 2.20. The molecular weight excluding hydrogens is 252 g/mol. The number of rotatable bonds is 5. The second kappa shape index (κ2) is 6.55. The monoisotopic (exact) mass is 274 g/mol. The molecule has 1 aliphatic rings. The van der Waals surface area contributed by atoms with Gasteiger partial charge >= 0.3 is 0 Å². The van der Waals surface area contributed by atoms with Gasteiger partial charge in [0.05, 0.1) is 12.3 Å². The molecule has 0 saturated carbocycles. The van der Waals surface area contributed by atoms with Gasteiger partial charge in [-0.05, 0) is 19.4 Å². The van der Waals surface area contributed by atoms with Crippen molar-refractivity contribution in [1.82, 2.24) is 4.90 Å². The Kier molecular flexibility index (Phi) is 4.77. The van der Waals surface area contributed by atoms with Gasteiger partial charge in [0, 0.05) is 24.9 Å². The van der Waals surface area contributed by atoms with E-state index in [1.54, 1.807) is 0 Å². The lowest BCUT2D eigenvalue weighted by molar-refractivity contribution is -0.132. The Bertz CT molecular complexity index is 511. The predicted octanol–water partition coefficient (Wildman–Crippen LogP) is 2.75. The van der Waals surface area contributed by atoms with E-state index in [1.807, 2.05) is 30.9 Å². The number of hydrogen-bond donors (Lipinski definition) is 0. The lowest BCUT2D eigenvalue weighted by atomic mass is 10.0. The maximum atomic E-state index is 11.8. The Balaban J connectivity index is 1.98. The molecule has 4 heteroatoms. The normalized spacial score (nSPS) is 17.6. The topological polar surface area (TPSA) is 41.9 Å². The van der Waals surface area contributed by atoms with E-state index in [4.69, 9.17) is 4.84 Å². The fraction of sp³-hybridized carbons (Fsp3) is 0.500. The average molecular weight is 274 g/mol. The first-order valence-corrected chi connectivity index (χ1v) is 7.22. The quantitative estimate of drug-likeness (QED) is 0.828. The number of benzene rings is 1. The summed E-state index contributed by atoms with van der Waals surface area (Å²) in [6.45, 7) is 7.28. The number of carbonyl (C=O) groups is 1. The van der Waals surface area contributed by atoms with E-state index in [9.17, 15) is 4.79 Å². The molecule has 1 atom stereocenters. The van der Waals surface area contributed by atoms with Crippen molar-refractivity contribution >= 4 is 11.6 Å². The zero-order valence-electron chi connectivity index (χ0n) is 12.4. The van der Waals surface area contributed by atoms with Crippen LogP contribution >= 0.6 is 0 Å². The number of hydrogen-bond acceptors (Lipinski definition) is 3. The summed E-state index contributed by atoms with van der Waals surface area (Å²) in [5, 5.41) is 4.20. The Morgan fingerprint density at radius 1 is 1.40 bits per heavy atom. The molecule has 108 valence electrons. The molecule has 0 saturated heterocycles. The summed E-state index contributed by atoms with van der Waals surface area (Å²) in [5.74, 6) is 0.167. The van der Waals surface area contributed by atoms with Crippen LogP contribution < -0.4 is 0 Å². The molecule has 0 N–H and O–H groups in total. The first-order chi connectivity index (χ1) is 9.65. The average Bonchev–Trinajstić information content (AvgIpc) is 2.92. The summed E-state index contributed by atoms with van der Waals surface area (Å²) in [6.07, 6.45) is 1.27. The molecule has 20 heavy (non-hydrogen) atoms. The molecule has 1 aromatic rings. The molecule has 0 unspecified atom stereocenters. The number of carbonyl (C=O) groups excluding carboxylic acids is 1. The van der Waals surface area contributed by atoms with E-state index < -0.39 is 0 Å². The number of nitrogens with zero attached hydrogens (tertiary/aromatic N) is 2. The molecule has 0 fully saturated rings. The SMILES string of the molecule is CCC(=O)N(CC)C[C@@H]1CC(c2ccccc2C)=NO1. The maximum absolute atomic E-state index is 11.8. The van der Waals surface area contributed by atoms with Crippen LogP contribution in [0, 0.1) is 6.92 Å². The van der Waals surface area contributed by atoms with Crippen LogP contribution in [0.4, 0.5) is 0 Å². The van der Waals surface area contributed by atoms with Gasteiger partial charge in [-0.3, -0.25) is 4.79 Å². The van der Waals surface area contributed by atoms with E-state index in [2.05, 4.69) is 24.2 Å². The standard InChI is InChI=1S/C16H22N2O2/c1-4-16(19)18(5-2)11-13-10-15(17-20-13)14-9-7-6-8-12(14)3/h6-9,13H,4-5,10-11H2,1-3H3/t13-/m0/s1. The van der Waals surface area contributed by atoms with Crippen molar-refractivity contribution < 1.29 is 9.63 Å². The molecule has 0 aromatic heterocycles. The van der Waals surface area contributed by atoms with E-state index >= 15 is 0 Å². The van der Waals surface area contributed by atoms with Gasteiger partial charge in [0.25, 0.3) is 0 Å². The maximum Gasteiger partial charge on any atom is 0.222 e. The zero-order chi connectivity index (χ0) is 14.5. The molecule has 0 radical (unpaired) electrons. The van der Waals surface area contributed by atoms with Crippen LogP contribution in [-0.4, -0.2) is 35.7 Å². The highest BCUT2D eigenvalue weighted by atomic mass is 16.6. The second-order valence-corrected chi connectivity index (χ2v) is 5.07. The minimum Gasteiger partial charge on any atom is -0.390 e. The van der Waals surface area contributed by atoms with Crippen LogP contribution in [0.3, 0.4) is 0 Å². The summed E-state index contributed by atoms with van der Waals surface area (Å²) >= 11 is 0. The third-order valence-corrected chi connectivity index (χ3v) is 3.65. The van der Waals surface area contributed by atoms with Crippen molar-refractivity contribution in [1.29, 1.82) is 0 Å². The lowest BCUT2D eigenvalue weighted by Gasteiger charge is -2.22. The lowest BCUT2D eigenvalue weighted by Crippen LogP contribution is -2.37. The van der Waals surface area contributed by atoms with Gasteiger partial charge in [-0.25, -0.2) is 0 Å². The molecule has 0 spiro atoms. The minimum absolute atomic E-state index is 0.0277. The van der Waals surface area contributed by atoms with Crippen LogP contribution in [0.25, 0.3) is 0 Å². The fourth-order valence-corrected chi connectivity index (χ4v) is 2.46. The van der Waals surface area contributed by atoms with Crippen LogP contribution in [0.2, 0.25) is 0 Å². The van der Waals surface area contributed by atoms with Gasteiger partial charge in [0.2, 0.25) is 5.91 Å². The van der Waals surface area contributed by atoms with Crippen molar-refractivity contribution in [2.45, 2.75) is 39.7 Å². The van der Waals surface area contributed by atoms with E-state index in [-0.39, 0.29) is 12.0 Å². The molecule has 2 rings (SSSR count). The molecule has 1 aromatic carbocycles. The Hall–Kier alpha value is -1.84. The highest BCUT2D eigenvalue weighted by Gasteiger charge is 2.26. The van der Waals surface area contributed by atoms with Crippen molar-refractivity contribution in [2.24, 2.45) is 5.16 Å². The molecule has 1 heterocycles. The van der Waals surface area contributed by atoms with Crippen molar-refractivity contribution in [3.63, 3.8) is 0 Å². The molecule has 4 nitrogen and oxygen atoms in total. The first kappa shape index (κ1) is 14.6. The summed E-state index contributed by atoms with van der Waals surface area (Å²) in [4.78, 5) is 19.1. The van der Waals surface area contributed by atoms with E-state index in [0.717, 1.165) is 17.7 Å². The second-order valence-electron chi connectivity index (χ2n) is 5.07. The smallest absolute Gasteiger partial charge is 0.222 e. The minimum atomic E-state index is -0.0277. The van der Waals surface area contributed by atoms with Crippen LogP contribution in [-0.2, 0) is 9.63 Å². The van der Waals surface area contributed by atoms with Gasteiger partial charge in [0.15, 0.2) is 6.10 Å². The van der Waals surface area contributed by atoms with Gasteiger partial charge in [-0.1, -0.05) is 36.3 Å². The van der Waals surface area contributed by atoms with Crippen molar-refractivity contribution in [3.05, 3.63) is 35.4 Å². The molecule has 0 aliphatic carbocycles. The third-order valence-electron chi connectivity index (χ3n) is 3.65. The van der Waals surface area contributed by atoms with Gasteiger partial charge < -0.3 is 9.74 Å². The van der Waals surface area contributed by atoms with Crippen LogP contribution in [0.15, 0.2) is 29.4 Å². The van der Waals surface area contributed by atoms with E-state index in [0.29, 0.717) is 19.5 Å². The zero-order valence-corrected chi connectivity index (χ0v) is 12.4. The Morgan fingerprint density at radius 2 is 2.15 bits per heavy atom. The summed E-state index contributed by atoms with van der Waals surface area (Å²) in [5.41, 5.74) is 3.32. The fourth-order valence-electron chi connectivity index (χ4n) is 2.46. The van der Waals surface area contributed by atoms with E-state index in [1.165, 1.54) is 5.56 Å². The highest BCUT2D eigenvalue weighted by molar-refractivity contribution is 6.02. The summed E-state index contributed by atoms with van der Waals surface area (Å²) in [7, 11) is 0. The molecule has 1 amide bonds. The molecule has 0 bridgehead atoms. The molecular formula is C16H22N2O2. The number of oxime groups is 1. The van der Waals surface area contributed by atoms with Crippen LogP contribution in [0.1, 0.15) is 37.8 Å². The third kappa shape index (κ3) is 3.18. The molecule has 1 aliphatic heterocycles. The first-order valence-electron chi connectivity index (χ1n) is 7.22. The van der Waals surface area contributed by atoms with Gasteiger partial charge in [0.1, 0.15) is 0 Å². The number of aryl methyl sites for hydroxylation is 1. The number of likely N-dealkylation sites (N-methyl/N-ethyl adjacent to an activating group) is 1. The largest absolute Gasteiger partial charge is 0.390 e. The summed E-state index contributed by atoms with van der Waals surface area (Å²) in [6, 6.07) is 8.17. The van der Waals surface area contributed by atoms with Crippen LogP contribution in [0.5, 0.6) is 0 Å². The van der Waals surface area contributed by atoms with Gasteiger partial charge in [-0.15, -0.1) is 0 Å². The Morgan fingerprint density at radius 3 is 2.80 bits per heavy atom. The van der Waals surface area contributed by atoms with Crippen molar-refractivity contribution in [3.8, 4) is 0 Å². The van der Waals surface area contributed by atoms with Gasteiger partial charge in [-0.2, -0.15) is 0 Å². The Labute approximate surface area is 120 Å². The predicted molar refractivity (Wildman–Crippen MR) is 79.8 cm³/mol. The van der Waals surface area contributed by atoms with Crippen molar-refractivity contribution in [2.75, 3.05) is 13.1 Å². The number of amides is 1. The summed E-state index contributed by atoms with van der Waals surface area (Å²) < 4.78 is 0.